The fraction of sp³-hybridized carbons (Fsp3) is 0.857. The Hall–Kier alpha value is -1.10. The van der Waals surface area contributed by atoms with Crippen molar-refractivity contribution in [2.45, 2.75) is 57.2 Å². The smallest absolute Gasteiger partial charge is 0.245 e. The van der Waals surface area contributed by atoms with E-state index in [2.05, 4.69) is 5.32 Å². The number of nitrogens with zero attached hydrogens (tertiary/aromatic N) is 2. The summed E-state index contributed by atoms with van der Waals surface area (Å²) in [4.78, 5) is 28.0. The number of nitrogens with one attached hydrogen (secondary N) is 1. The average Bonchev–Trinajstić information content (AvgIpc) is 2.95. The SMILES string of the molecule is CC(=O)N1CCCC1C(=O)N1CCC2CCC(C1)N2. The van der Waals surface area contributed by atoms with E-state index in [-0.39, 0.29) is 17.9 Å². The lowest BCUT2D eigenvalue weighted by atomic mass is 10.1. The molecule has 3 aliphatic heterocycles. The Bertz CT molecular complexity index is 385. The summed E-state index contributed by atoms with van der Waals surface area (Å²) in [6.07, 6.45) is 5.25. The van der Waals surface area contributed by atoms with Gasteiger partial charge in [-0.2, -0.15) is 0 Å². The molecule has 5 heteroatoms. The molecule has 3 fully saturated rings. The molecule has 0 aromatic rings. The quantitative estimate of drug-likeness (QED) is 0.744. The average molecular weight is 265 g/mol. The maximum Gasteiger partial charge on any atom is 0.245 e. The van der Waals surface area contributed by atoms with Gasteiger partial charge >= 0.3 is 0 Å². The molecule has 3 saturated heterocycles. The predicted molar refractivity (Wildman–Crippen MR) is 71.6 cm³/mol. The van der Waals surface area contributed by atoms with Crippen LogP contribution in [0.3, 0.4) is 0 Å². The normalized spacial score (nSPS) is 34.5. The van der Waals surface area contributed by atoms with Crippen molar-refractivity contribution < 1.29 is 9.59 Å². The zero-order valence-corrected chi connectivity index (χ0v) is 11.6. The number of hydrogen-bond donors (Lipinski definition) is 1. The molecule has 106 valence electrons. The van der Waals surface area contributed by atoms with E-state index in [9.17, 15) is 9.59 Å². The fourth-order valence-corrected chi connectivity index (χ4v) is 3.75. The number of hydrogen-bond acceptors (Lipinski definition) is 3. The van der Waals surface area contributed by atoms with E-state index in [0.717, 1.165) is 38.9 Å². The summed E-state index contributed by atoms with van der Waals surface area (Å²) in [6.45, 7) is 3.97. The molecule has 3 unspecified atom stereocenters. The molecule has 0 aromatic carbocycles. The van der Waals surface area contributed by atoms with Gasteiger partial charge in [-0.05, 0) is 32.1 Å². The van der Waals surface area contributed by atoms with Crippen molar-refractivity contribution in [1.29, 1.82) is 0 Å². The van der Waals surface area contributed by atoms with E-state index in [1.54, 1.807) is 11.8 Å². The predicted octanol–water partition coefficient (Wildman–Crippen LogP) is 0.350. The Kier molecular flexibility index (Phi) is 3.48. The van der Waals surface area contributed by atoms with Gasteiger partial charge in [0.05, 0.1) is 0 Å². The van der Waals surface area contributed by atoms with Crippen LogP contribution in [-0.4, -0.2) is 59.4 Å². The van der Waals surface area contributed by atoms with Crippen molar-refractivity contribution in [3.05, 3.63) is 0 Å². The van der Waals surface area contributed by atoms with Gasteiger partial charge in [0.1, 0.15) is 6.04 Å². The molecule has 2 bridgehead atoms. The van der Waals surface area contributed by atoms with Crippen LogP contribution < -0.4 is 5.32 Å². The molecular weight excluding hydrogens is 242 g/mol. The van der Waals surface area contributed by atoms with E-state index in [4.69, 9.17) is 0 Å². The van der Waals surface area contributed by atoms with E-state index in [0.29, 0.717) is 12.1 Å². The maximum atomic E-state index is 12.6. The van der Waals surface area contributed by atoms with Crippen LogP contribution >= 0.6 is 0 Å². The zero-order valence-electron chi connectivity index (χ0n) is 11.6. The first kappa shape index (κ1) is 12.9. The number of likely N-dealkylation sites (tertiary alicyclic amines) is 2. The van der Waals surface area contributed by atoms with Gasteiger partial charge < -0.3 is 15.1 Å². The van der Waals surface area contributed by atoms with Crippen LogP contribution in [0.5, 0.6) is 0 Å². The van der Waals surface area contributed by atoms with Crippen LogP contribution in [0.4, 0.5) is 0 Å². The lowest BCUT2D eigenvalue weighted by Crippen LogP contribution is -2.49. The second-order valence-electron chi connectivity index (χ2n) is 6.08. The largest absolute Gasteiger partial charge is 0.339 e. The minimum absolute atomic E-state index is 0.0327. The van der Waals surface area contributed by atoms with E-state index in [1.807, 2.05) is 4.90 Å². The molecule has 2 amide bonds. The monoisotopic (exact) mass is 265 g/mol. The third kappa shape index (κ3) is 2.48. The minimum Gasteiger partial charge on any atom is -0.339 e. The molecule has 0 radical (unpaired) electrons. The molecule has 1 N–H and O–H groups in total. The highest BCUT2D eigenvalue weighted by atomic mass is 16.2. The summed E-state index contributed by atoms with van der Waals surface area (Å²) >= 11 is 0. The number of fused-ring (bicyclic) bond motifs is 2. The van der Waals surface area contributed by atoms with Crippen molar-refractivity contribution in [1.82, 2.24) is 15.1 Å². The number of carbonyl (C=O) groups excluding carboxylic acids is 2. The second-order valence-corrected chi connectivity index (χ2v) is 6.08. The van der Waals surface area contributed by atoms with Gasteiger partial charge in [-0.15, -0.1) is 0 Å². The highest BCUT2D eigenvalue weighted by Gasteiger charge is 2.38. The van der Waals surface area contributed by atoms with E-state index >= 15 is 0 Å². The molecule has 0 spiro atoms. The summed E-state index contributed by atoms with van der Waals surface area (Å²) in [5.41, 5.74) is 0. The van der Waals surface area contributed by atoms with Gasteiger partial charge in [0, 0.05) is 38.6 Å². The van der Waals surface area contributed by atoms with Crippen molar-refractivity contribution in [2.75, 3.05) is 19.6 Å². The molecule has 3 aliphatic rings. The maximum absolute atomic E-state index is 12.6. The fourth-order valence-electron chi connectivity index (χ4n) is 3.75. The number of rotatable bonds is 1. The molecule has 0 saturated carbocycles. The summed E-state index contributed by atoms with van der Waals surface area (Å²) in [6, 6.07) is 0.855. The Labute approximate surface area is 114 Å². The van der Waals surface area contributed by atoms with E-state index < -0.39 is 0 Å². The van der Waals surface area contributed by atoms with Gasteiger partial charge in [0.25, 0.3) is 0 Å². The lowest BCUT2D eigenvalue weighted by Gasteiger charge is -2.30. The molecule has 3 heterocycles. The summed E-state index contributed by atoms with van der Waals surface area (Å²) in [5.74, 6) is 0.201. The topological polar surface area (TPSA) is 52.7 Å². The molecule has 3 rings (SSSR count). The summed E-state index contributed by atoms with van der Waals surface area (Å²) < 4.78 is 0. The Balaban J connectivity index is 1.67. The van der Waals surface area contributed by atoms with E-state index in [1.165, 1.54) is 12.8 Å². The highest BCUT2D eigenvalue weighted by Crippen LogP contribution is 2.24. The van der Waals surface area contributed by atoms with Gasteiger partial charge in [-0.1, -0.05) is 0 Å². The van der Waals surface area contributed by atoms with Crippen LogP contribution in [-0.2, 0) is 9.59 Å². The van der Waals surface area contributed by atoms with Crippen LogP contribution in [0.1, 0.15) is 39.0 Å². The third-order valence-corrected chi connectivity index (χ3v) is 4.78. The van der Waals surface area contributed by atoms with Gasteiger partial charge in [-0.25, -0.2) is 0 Å². The number of amides is 2. The van der Waals surface area contributed by atoms with Gasteiger partial charge in [-0.3, -0.25) is 9.59 Å². The first-order valence-electron chi connectivity index (χ1n) is 7.47. The van der Waals surface area contributed by atoms with Crippen molar-refractivity contribution in [3.8, 4) is 0 Å². The number of carbonyl (C=O) groups is 2. The highest BCUT2D eigenvalue weighted by molar-refractivity contribution is 5.87. The first-order valence-corrected chi connectivity index (χ1v) is 7.47. The van der Waals surface area contributed by atoms with Crippen molar-refractivity contribution >= 4 is 11.8 Å². The first-order chi connectivity index (χ1) is 9.15. The third-order valence-electron chi connectivity index (χ3n) is 4.78. The molecule has 5 nitrogen and oxygen atoms in total. The van der Waals surface area contributed by atoms with Crippen LogP contribution in [0.25, 0.3) is 0 Å². The van der Waals surface area contributed by atoms with Gasteiger partial charge in [0.2, 0.25) is 11.8 Å². The molecule has 19 heavy (non-hydrogen) atoms. The molecule has 0 aliphatic carbocycles. The zero-order chi connectivity index (χ0) is 13.4. The summed E-state index contributed by atoms with van der Waals surface area (Å²) in [7, 11) is 0. The van der Waals surface area contributed by atoms with Crippen LogP contribution in [0.2, 0.25) is 0 Å². The van der Waals surface area contributed by atoms with Crippen LogP contribution in [0.15, 0.2) is 0 Å². The summed E-state index contributed by atoms with van der Waals surface area (Å²) in [5, 5.41) is 3.59. The van der Waals surface area contributed by atoms with Gasteiger partial charge in [0.15, 0.2) is 0 Å². The lowest BCUT2D eigenvalue weighted by molar-refractivity contribution is -0.143. The second kappa shape index (κ2) is 5.12. The minimum atomic E-state index is -0.200. The Morgan fingerprint density at radius 3 is 2.63 bits per heavy atom. The Morgan fingerprint density at radius 1 is 1.05 bits per heavy atom. The standard InChI is InChI=1S/C14H23N3O2/c1-10(18)17-7-2-3-13(17)14(19)16-8-6-11-4-5-12(9-16)15-11/h11-13,15H,2-9H2,1H3. The molecule has 0 aromatic heterocycles. The molecular formula is C14H23N3O2. The van der Waals surface area contributed by atoms with Crippen molar-refractivity contribution in [2.24, 2.45) is 0 Å². The van der Waals surface area contributed by atoms with Crippen LogP contribution in [0, 0.1) is 0 Å². The Morgan fingerprint density at radius 2 is 1.84 bits per heavy atom. The van der Waals surface area contributed by atoms with Crippen molar-refractivity contribution in [3.63, 3.8) is 0 Å². The molecule has 3 atom stereocenters.